The standard InChI is InChI=1S/C47H33NO/c1-47(2)39-22-8-5-20-36(39)46-40(47)23-13-26-43(46)48(41-24-9-6-18-34(41)33-21-11-15-30-14-3-4-17-32(30)33)42-25-12-16-31-28-45-38(29-37(31)42)35-19-7-10-27-44(35)49-45/h3-29H,1-2H3. The summed E-state index contributed by atoms with van der Waals surface area (Å²) in [6.07, 6.45) is 0. The number of rotatable bonds is 4. The molecule has 232 valence electrons. The Morgan fingerprint density at radius 3 is 1.94 bits per heavy atom. The topological polar surface area (TPSA) is 16.4 Å². The predicted molar refractivity (Wildman–Crippen MR) is 206 cm³/mol. The molecule has 8 aromatic carbocycles. The average Bonchev–Trinajstić information content (AvgIpc) is 3.62. The van der Waals surface area contributed by atoms with Crippen LogP contribution in [0.4, 0.5) is 17.1 Å². The highest BCUT2D eigenvalue weighted by atomic mass is 16.3. The number of nitrogens with zero attached hydrogens (tertiary/aromatic N) is 1. The van der Waals surface area contributed by atoms with Gasteiger partial charge in [0.25, 0.3) is 0 Å². The molecule has 0 saturated heterocycles. The highest BCUT2D eigenvalue weighted by Crippen LogP contribution is 2.55. The number of para-hydroxylation sites is 2. The summed E-state index contributed by atoms with van der Waals surface area (Å²) in [5.74, 6) is 0. The van der Waals surface area contributed by atoms with Crippen LogP contribution in [0.3, 0.4) is 0 Å². The monoisotopic (exact) mass is 627 g/mol. The molecule has 1 heterocycles. The fourth-order valence-electron chi connectivity index (χ4n) is 8.34. The Labute approximate surface area is 285 Å². The molecule has 1 aromatic heterocycles. The zero-order chi connectivity index (χ0) is 32.7. The van der Waals surface area contributed by atoms with E-state index in [-0.39, 0.29) is 5.41 Å². The highest BCUT2D eigenvalue weighted by molar-refractivity contribution is 6.14. The smallest absolute Gasteiger partial charge is 0.136 e. The SMILES string of the molecule is CC1(C)c2ccccc2-c2c(N(c3ccccc3-c3cccc4ccccc34)c3cccc4cc5oc6ccccc6c5cc34)cccc21. The first-order valence-corrected chi connectivity index (χ1v) is 17.0. The van der Waals surface area contributed by atoms with Gasteiger partial charge in [0.2, 0.25) is 0 Å². The lowest BCUT2D eigenvalue weighted by Gasteiger charge is -2.31. The summed E-state index contributed by atoms with van der Waals surface area (Å²) in [6, 6.07) is 59.6. The van der Waals surface area contributed by atoms with E-state index >= 15 is 0 Å². The molecule has 2 heteroatoms. The van der Waals surface area contributed by atoms with Gasteiger partial charge in [-0.25, -0.2) is 0 Å². The van der Waals surface area contributed by atoms with Gasteiger partial charge in [0.1, 0.15) is 11.2 Å². The second-order valence-electron chi connectivity index (χ2n) is 13.7. The molecule has 0 saturated carbocycles. The van der Waals surface area contributed by atoms with E-state index in [1.165, 1.54) is 55.2 Å². The molecule has 9 aromatic rings. The first kappa shape index (κ1) is 27.9. The summed E-state index contributed by atoms with van der Waals surface area (Å²) in [5.41, 5.74) is 12.9. The Hall–Kier alpha value is -6.12. The molecule has 0 amide bonds. The fraction of sp³-hybridized carbons (Fsp3) is 0.0638. The Morgan fingerprint density at radius 2 is 1.02 bits per heavy atom. The van der Waals surface area contributed by atoms with Gasteiger partial charge in [0.15, 0.2) is 0 Å². The Morgan fingerprint density at radius 1 is 0.408 bits per heavy atom. The lowest BCUT2D eigenvalue weighted by molar-refractivity contribution is 0.660. The fourth-order valence-corrected chi connectivity index (χ4v) is 8.34. The van der Waals surface area contributed by atoms with E-state index in [1.807, 2.05) is 6.07 Å². The molecule has 49 heavy (non-hydrogen) atoms. The maximum Gasteiger partial charge on any atom is 0.136 e. The molecule has 1 aliphatic carbocycles. The summed E-state index contributed by atoms with van der Waals surface area (Å²) in [7, 11) is 0. The van der Waals surface area contributed by atoms with E-state index in [2.05, 4.69) is 176 Å². The van der Waals surface area contributed by atoms with Crippen molar-refractivity contribution in [2.75, 3.05) is 4.90 Å². The Bertz CT molecular complexity index is 2760. The van der Waals surface area contributed by atoms with E-state index < -0.39 is 0 Å². The first-order valence-electron chi connectivity index (χ1n) is 17.0. The molecule has 10 rings (SSSR count). The number of benzene rings is 8. The van der Waals surface area contributed by atoms with Crippen molar-refractivity contribution in [2.45, 2.75) is 19.3 Å². The largest absolute Gasteiger partial charge is 0.456 e. The zero-order valence-corrected chi connectivity index (χ0v) is 27.4. The van der Waals surface area contributed by atoms with E-state index in [4.69, 9.17) is 4.42 Å². The van der Waals surface area contributed by atoms with Crippen LogP contribution in [0.25, 0.3) is 65.7 Å². The van der Waals surface area contributed by atoms with Crippen LogP contribution in [0, 0.1) is 0 Å². The summed E-state index contributed by atoms with van der Waals surface area (Å²) >= 11 is 0. The van der Waals surface area contributed by atoms with Gasteiger partial charge in [-0.1, -0.05) is 141 Å². The van der Waals surface area contributed by atoms with Crippen molar-refractivity contribution in [3.8, 4) is 22.3 Å². The number of fused-ring (bicyclic) bond motifs is 8. The van der Waals surface area contributed by atoms with Crippen LogP contribution in [0.1, 0.15) is 25.0 Å². The molecule has 2 nitrogen and oxygen atoms in total. The van der Waals surface area contributed by atoms with Crippen molar-refractivity contribution >= 4 is 60.5 Å². The number of hydrogen-bond acceptors (Lipinski definition) is 2. The minimum Gasteiger partial charge on any atom is -0.456 e. The third kappa shape index (κ3) is 4.07. The van der Waals surface area contributed by atoms with Crippen molar-refractivity contribution < 1.29 is 4.42 Å². The normalized spacial score (nSPS) is 13.3. The quantitative estimate of drug-likeness (QED) is 0.193. The van der Waals surface area contributed by atoms with Crippen molar-refractivity contribution in [3.63, 3.8) is 0 Å². The second-order valence-corrected chi connectivity index (χ2v) is 13.7. The van der Waals surface area contributed by atoms with Crippen LogP contribution in [0.15, 0.2) is 168 Å². The maximum absolute atomic E-state index is 6.36. The molecule has 0 radical (unpaired) electrons. The summed E-state index contributed by atoms with van der Waals surface area (Å²) in [6.45, 7) is 4.71. The molecular weight excluding hydrogens is 595 g/mol. The van der Waals surface area contributed by atoms with Gasteiger partial charge >= 0.3 is 0 Å². The lowest BCUT2D eigenvalue weighted by Crippen LogP contribution is -2.16. The van der Waals surface area contributed by atoms with E-state index in [9.17, 15) is 0 Å². The number of furan rings is 1. The lowest BCUT2D eigenvalue weighted by atomic mass is 9.82. The van der Waals surface area contributed by atoms with Gasteiger partial charge in [-0.3, -0.25) is 0 Å². The summed E-state index contributed by atoms with van der Waals surface area (Å²) in [5, 5.41) is 7.06. The summed E-state index contributed by atoms with van der Waals surface area (Å²) < 4.78 is 6.36. The molecule has 0 fully saturated rings. The minimum atomic E-state index is -0.122. The van der Waals surface area contributed by atoms with Gasteiger partial charge in [0, 0.05) is 32.7 Å². The molecule has 0 unspecified atom stereocenters. The molecule has 0 bridgehead atoms. The van der Waals surface area contributed by atoms with E-state index in [0.717, 1.165) is 38.7 Å². The molecular formula is C47H33NO. The van der Waals surface area contributed by atoms with Crippen LogP contribution >= 0.6 is 0 Å². The molecule has 0 N–H and O–H groups in total. The van der Waals surface area contributed by atoms with Gasteiger partial charge < -0.3 is 9.32 Å². The van der Waals surface area contributed by atoms with Gasteiger partial charge in [-0.05, 0) is 74.8 Å². The molecule has 0 aliphatic heterocycles. The van der Waals surface area contributed by atoms with Gasteiger partial charge in [-0.15, -0.1) is 0 Å². The number of anilines is 3. The number of hydrogen-bond donors (Lipinski definition) is 0. The van der Waals surface area contributed by atoms with Crippen molar-refractivity contribution in [2.24, 2.45) is 0 Å². The first-order chi connectivity index (χ1) is 24.1. The second kappa shape index (κ2) is 10.4. The summed E-state index contributed by atoms with van der Waals surface area (Å²) in [4.78, 5) is 2.52. The maximum atomic E-state index is 6.36. The van der Waals surface area contributed by atoms with Crippen molar-refractivity contribution in [1.29, 1.82) is 0 Å². The zero-order valence-electron chi connectivity index (χ0n) is 27.4. The third-order valence-electron chi connectivity index (χ3n) is 10.6. The third-order valence-corrected chi connectivity index (χ3v) is 10.6. The minimum absolute atomic E-state index is 0.122. The highest BCUT2D eigenvalue weighted by Gasteiger charge is 2.38. The van der Waals surface area contributed by atoms with E-state index in [0.29, 0.717) is 0 Å². The van der Waals surface area contributed by atoms with Crippen molar-refractivity contribution in [1.82, 2.24) is 0 Å². The van der Waals surface area contributed by atoms with Gasteiger partial charge in [-0.2, -0.15) is 0 Å². The molecule has 1 aliphatic rings. The van der Waals surface area contributed by atoms with Gasteiger partial charge in [0.05, 0.1) is 17.1 Å². The van der Waals surface area contributed by atoms with Crippen molar-refractivity contribution in [3.05, 3.63) is 175 Å². The van der Waals surface area contributed by atoms with Crippen LogP contribution in [0.5, 0.6) is 0 Å². The average molecular weight is 628 g/mol. The molecule has 0 spiro atoms. The van der Waals surface area contributed by atoms with Crippen LogP contribution in [0.2, 0.25) is 0 Å². The Kier molecular flexibility index (Phi) is 5.95. The predicted octanol–water partition coefficient (Wildman–Crippen LogP) is 13.3. The molecule has 0 atom stereocenters. The van der Waals surface area contributed by atoms with Crippen LogP contribution in [-0.4, -0.2) is 0 Å². The Balaban J connectivity index is 1.33. The van der Waals surface area contributed by atoms with E-state index in [1.54, 1.807) is 0 Å². The van der Waals surface area contributed by atoms with Crippen LogP contribution < -0.4 is 4.90 Å². The van der Waals surface area contributed by atoms with Crippen LogP contribution in [-0.2, 0) is 5.41 Å².